The molecule has 7 heteroatoms. The molecule has 1 aliphatic heterocycles. The van der Waals surface area contributed by atoms with Crippen LogP contribution < -0.4 is 4.90 Å². The van der Waals surface area contributed by atoms with Gasteiger partial charge in [-0.2, -0.15) is 5.10 Å². The first-order chi connectivity index (χ1) is 11.6. The number of methoxy groups -OCH3 is 1. The zero-order chi connectivity index (χ0) is 17.1. The number of Topliss-reactive ketones (excluding diaryl/α,β-unsaturated/α-hetero) is 1. The van der Waals surface area contributed by atoms with Crippen molar-refractivity contribution < 1.29 is 9.53 Å². The van der Waals surface area contributed by atoms with E-state index in [1.54, 1.807) is 24.2 Å². The van der Waals surface area contributed by atoms with Crippen LogP contribution in [0.1, 0.15) is 41.1 Å². The molecule has 2 aromatic heterocycles. The first kappa shape index (κ1) is 16.6. The van der Waals surface area contributed by atoms with Crippen molar-refractivity contribution in [2.45, 2.75) is 38.8 Å². The summed E-state index contributed by atoms with van der Waals surface area (Å²) in [5, 5.41) is 4.08. The summed E-state index contributed by atoms with van der Waals surface area (Å²) in [5.74, 6) is 1.69. The molecule has 1 atom stereocenters. The van der Waals surface area contributed by atoms with E-state index in [-0.39, 0.29) is 11.8 Å². The molecule has 1 fully saturated rings. The Labute approximate surface area is 141 Å². The van der Waals surface area contributed by atoms with Gasteiger partial charge in [0.2, 0.25) is 0 Å². The lowest BCUT2D eigenvalue weighted by molar-refractivity contribution is 0.0974. The topological polar surface area (TPSA) is 73.1 Å². The van der Waals surface area contributed by atoms with Crippen LogP contribution in [0, 0.1) is 6.92 Å². The van der Waals surface area contributed by atoms with Gasteiger partial charge in [-0.1, -0.05) is 0 Å². The maximum absolute atomic E-state index is 12.5. The van der Waals surface area contributed by atoms with Crippen LogP contribution in [0.2, 0.25) is 0 Å². The number of hydrogen-bond donors (Lipinski definition) is 0. The lowest BCUT2D eigenvalue weighted by atomic mass is 10.0. The van der Waals surface area contributed by atoms with E-state index in [2.05, 4.69) is 20.0 Å². The molecule has 0 N–H and O–H groups in total. The maximum Gasteiger partial charge on any atom is 0.168 e. The molecule has 0 amide bonds. The van der Waals surface area contributed by atoms with Crippen LogP contribution in [0.5, 0.6) is 0 Å². The van der Waals surface area contributed by atoms with Crippen molar-refractivity contribution in [3.8, 4) is 0 Å². The van der Waals surface area contributed by atoms with Gasteiger partial charge in [0, 0.05) is 51.1 Å². The van der Waals surface area contributed by atoms with Gasteiger partial charge in [0.1, 0.15) is 12.4 Å². The molecule has 0 aliphatic carbocycles. The lowest BCUT2D eigenvalue weighted by Gasteiger charge is -2.25. The molecule has 0 saturated carbocycles. The van der Waals surface area contributed by atoms with E-state index >= 15 is 0 Å². The molecule has 1 saturated heterocycles. The van der Waals surface area contributed by atoms with Crippen molar-refractivity contribution in [1.29, 1.82) is 0 Å². The van der Waals surface area contributed by atoms with Gasteiger partial charge in [-0.05, 0) is 19.8 Å². The predicted octanol–water partition coefficient (Wildman–Crippen LogP) is 1.91. The molecule has 128 valence electrons. The van der Waals surface area contributed by atoms with Gasteiger partial charge < -0.3 is 9.64 Å². The molecule has 1 aliphatic rings. The molecule has 0 bridgehead atoms. The van der Waals surface area contributed by atoms with Gasteiger partial charge in [0.25, 0.3) is 0 Å². The number of hydrogen-bond acceptors (Lipinski definition) is 6. The summed E-state index contributed by atoms with van der Waals surface area (Å²) in [7, 11) is 3.45. The summed E-state index contributed by atoms with van der Waals surface area (Å²) in [5.41, 5.74) is 1.58. The SMILES string of the molecule is COCc1nc(C)cc(N2CCC[C@@H]2CC(=O)c2cnn(C)c2)n1. The Morgan fingerprint density at radius 1 is 1.42 bits per heavy atom. The number of nitrogens with zero attached hydrogens (tertiary/aromatic N) is 5. The average molecular weight is 329 g/mol. The van der Waals surface area contributed by atoms with Crippen molar-refractivity contribution in [2.24, 2.45) is 7.05 Å². The number of carbonyl (C=O) groups is 1. The van der Waals surface area contributed by atoms with E-state index in [0.29, 0.717) is 24.4 Å². The Hall–Kier alpha value is -2.28. The maximum atomic E-state index is 12.5. The van der Waals surface area contributed by atoms with Crippen LogP contribution in [0.4, 0.5) is 5.82 Å². The summed E-state index contributed by atoms with van der Waals surface area (Å²) in [6, 6.07) is 2.15. The summed E-state index contributed by atoms with van der Waals surface area (Å²) in [6.07, 6.45) is 5.94. The second-order valence-corrected chi connectivity index (χ2v) is 6.24. The molecule has 24 heavy (non-hydrogen) atoms. The van der Waals surface area contributed by atoms with Crippen molar-refractivity contribution in [3.05, 3.63) is 35.5 Å². The normalized spacial score (nSPS) is 17.5. The molecule has 0 aromatic carbocycles. The molecular formula is C17H23N5O2. The Kier molecular flexibility index (Phi) is 4.89. The monoisotopic (exact) mass is 329 g/mol. The molecule has 7 nitrogen and oxygen atoms in total. The number of rotatable bonds is 6. The minimum Gasteiger partial charge on any atom is -0.377 e. The van der Waals surface area contributed by atoms with Crippen LogP contribution in [-0.4, -0.2) is 45.2 Å². The van der Waals surface area contributed by atoms with Crippen molar-refractivity contribution in [2.75, 3.05) is 18.6 Å². The number of ketones is 1. The fraction of sp³-hybridized carbons (Fsp3) is 0.529. The van der Waals surface area contributed by atoms with Crippen LogP contribution in [0.3, 0.4) is 0 Å². The second-order valence-electron chi connectivity index (χ2n) is 6.24. The number of aromatic nitrogens is 4. The smallest absolute Gasteiger partial charge is 0.168 e. The minimum absolute atomic E-state index is 0.128. The fourth-order valence-electron chi connectivity index (χ4n) is 3.20. The summed E-state index contributed by atoms with van der Waals surface area (Å²) in [4.78, 5) is 23.7. The largest absolute Gasteiger partial charge is 0.377 e. The lowest BCUT2D eigenvalue weighted by Crippen LogP contribution is -2.32. The Bertz CT molecular complexity index is 728. The molecule has 0 unspecified atom stereocenters. The number of ether oxygens (including phenoxy) is 1. The zero-order valence-corrected chi connectivity index (χ0v) is 14.4. The number of anilines is 1. The third-order valence-corrected chi connectivity index (χ3v) is 4.28. The van der Waals surface area contributed by atoms with Crippen molar-refractivity contribution >= 4 is 11.6 Å². The first-order valence-corrected chi connectivity index (χ1v) is 8.19. The highest BCUT2D eigenvalue weighted by Gasteiger charge is 2.28. The van der Waals surface area contributed by atoms with Crippen LogP contribution in [-0.2, 0) is 18.4 Å². The molecule has 0 radical (unpaired) electrons. The van der Waals surface area contributed by atoms with E-state index < -0.39 is 0 Å². The van der Waals surface area contributed by atoms with E-state index in [0.717, 1.165) is 30.9 Å². The van der Waals surface area contributed by atoms with Crippen LogP contribution >= 0.6 is 0 Å². The Balaban J connectivity index is 1.77. The quantitative estimate of drug-likeness (QED) is 0.754. The van der Waals surface area contributed by atoms with Gasteiger partial charge in [0.15, 0.2) is 11.6 Å². The summed E-state index contributed by atoms with van der Waals surface area (Å²) in [6.45, 7) is 3.26. The van der Waals surface area contributed by atoms with Gasteiger partial charge in [-0.3, -0.25) is 9.48 Å². The van der Waals surface area contributed by atoms with Crippen molar-refractivity contribution in [1.82, 2.24) is 19.7 Å². The number of aryl methyl sites for hydroxylation is 2. The van der Waals surface area contributed by atoms with E-state index in [4.69, 9.17) is 4.74 Å². The second kappa shape index (κ2) is 7.09. The number of carbonyl (C=O) groups excluding carboxylic acids is 1. The summed E-state index contributed by atoms with van der Waals surface area (Å²) < 4.78 is 6.80. The van der Waals surface area contributed by atoms with E-state index in [1.165, 1.54) is 0 Å². The highest BCUT2D eigenvalue weighted by atomic mass is 16.5. The highest BCUT2D eigenvalue weighted by Crippen LogP contribution is 2.27. The minimum atomic E-state index is 0.128. The Morgan fingerprint density at radius 3 is 2.96 bits per heavy atom. The Morgan fingerprint density at radius 2 is 2.25 bits per heavy atom. The van der Waals surface area contributed by atoms with E-state index in [1.807, 2.05) is 20.0 Å². The first-order valence-electron chi connectivity index (χ1n) is 8.19. The van der Waals surface area contributed by atoms with E-state index in [9.17, 15) is 4.79 Å². The predicted molar refractivity (Wildman–Crippen MR) is 90.0 cm³/mol. The van der Waals surface area contributed by atoms with Gasteiger partial charge >= 0.3 is 0 Å². The third-order valence-electron chi connectivity index (χ3n) is 4.28. The summed E-state index contributed by atoms with van der Waals surface area (Å²) >= 11 is 0. The fourth-order valence-corrected chi connectivity index (χ4v) is 3.20. The molecular weight excluding hydrogens is 306 g/mol. The highest BCUT2D eigenvalue weighted by molar-refractivity contribution is 5.96. The molecule has 2 aromatic rings. The van der Waals surface area contributed by atoms with Crippen LogP contribution in [0.15, 0.2) is 18.5 Å². The zero-order valence-electron chi connectivity index (χ0n) is 14.4. The van der Waals surface area contributed by atoms with Crippen LogP contribution in [0.25, 0.3) is 0 Å². The average Bonchev–Trinajstić information content (AvgIpc) is 3.16. The molecule has 0 spiro atoms. The van der Waals surface area contributed by atoms with Gasteiger partial charge in [0.05, 0.1) is 11.8 Å². The molecule has 3 heterocycles. The van der Waals surface area contributed by atoms with Crippen molar-refractivity contribution in [3.63, 3.8) is 0 Å². The third kappa shape index (κ3) is 3.62. The standard InChI is InChI=1S/C17H23N5O2/c1-12-7-17(20-16(19-12)11-24-3)22-6-4-5-14(22)8-15(23)13-9-18-21(2)10-13/h7,9-10,14H,4-6,8,11H2,1-3H3/t14-/m1/s1. The van der Waals surface area contributed by atoms with Gasteiger partial charge in [-0.25, -0.2) is 9.97 Å². The molecule has 3 rings (SSSR count). The van der Waals surface area contributed by atoms with Gasteiger partial charge in [-0.15, -0.1) is 0 Å².